The summed E-state index contributed by atoms with van der Waals surface area (Å²) in [5.74, 6) is -0.0702. The van der Waals surface area contributed by atoms with Crippen LogP contribution in [0.2, 0.25) is 0 Å². The first-order valence-electron chi connectivity index (χ1n) is 5.29. The first kappa shape index (κ1) is 14.5. The monoisotopic (exact) mass is 261 g/mol. The van der Waals surface area contributed by atoms with Gasteiger partial charge < -0.3 is 10.1 Å². The molecule has 0 unspecified atom stereocenters. The third kappa shape index (κ3) is 4.37. The van der Waals surface area contributed by atoms with E-state index < -0.39 is 18.5 Å². The predicted octanol–water partition coefficient (Wildman–Crippen LogP) is 2.34. The van der Waals surface area contributed by atoms with Crippen LogP contribution < -0.4 is 10.1 Å². The first-order valence-corrected chi connectivity index (χ1v) is 5.29. The Balaban J connectivity index is 2.69. The van der Waals surface area contributed by atoms with Gasteiger partial charge in [0.15, 0.2) is 5.78 Å². The normalized spacial score (nSPS) is 11.4. The maximum atomic E-state index is 11.9. The van der Waals surface area contributed by atoms with Crippen LogP contribution in [0.1, 0.15) is 15.9 Å². The highest BCUT2D eigenvalue weighted by molar-refractivity contribution is 6.00. The van der Waals surface area contributed by atoms with Crippen molar-refractivity contribution < 1.29 is 22.7 Å². The molecule has 0 spiro atoms. The second-order valence-electron chi connectivity index (χ2n) is 3.85. The zero-order valence-electron chi connectivity index (χ0n) is 10.1. The number of hydrogen-bond acceptors (Lipinski definition) is 3. The molecule has 0 aliphatic rings. The quantitative estimate of drug-likeness (QED) is 0.827. The predicted molar refractivity (Wildman–Crippen MR) is 61.0 cm³/mol. The van der Waals surface area contributed by atoms with Crippen molar-refractivity contribution in [3.63, 3.8) is 0 Å². The van der Waals surface area contributed by atoms with Crippen LogP contribution in [0, 0.1) is 6.92 Å². The van der Waals surface area contributed by atoms with Gasteiger partial charge >= 0.3 is 6.18 Å². The Morgan fingerprint density at radius 1 is 1.39 bits per heavy atom. The van der Waals surface area contributed by atoms with Crippen molar-refractivity contribution in [1.82, 2.24) is 5.32 Å². The summed E-state index contributed by atoms with van der Waals surface area (Å²) >= 11 is 0. The van der Waals surface area contributed by atoms with E-state index in [1.165, 1.54) is 7.11 Å². The second kappa shape index (κ2) is 5.86. The summed E-state index contributed by atoms with van der Waals surface area (Å²) in [6.07, 6.45) is -4.32. The van der Waals surface area contributed by atoms with E-state index in [-0.39, 0.29) is 12.1 Å². The van der Waals surface area contributed by atoms with Gasteiger partial charge in [-0.05, 0) is 19.1 Å². The Hall–Kier alpha value is -1.56. The van der Waals surface area contributed by atoms with Crippen LogP contribution >= 0.6 is 0 Å². The highest BCUT2D eigenvalue weighted by atomic mass is 19.4. The lowest BCUT2D eigenvalue weighted by Crippen LogP contribution is -2.32. The maximum Gasteiger partial charge on any atom is 0.401 e. The molecule has 1 aromatic rings. The van der Waals surface area contributed by atoms with E-state index in [9.17, 15) is 18.0 Å². The van der Waals surface area contributed by atoms with Gasteiger partial charge in [0.1, 0.15) is 5.75 Å². The summed E-state index contributed by atoms with van der Waals surface area (Å²) in [4.78, 5) is 11.8. The summed E-state index contributed by atoms with van der Waals surface area (Å²) in [5.41, 5.74) is 1.13. The van der Waals surface area contributed by atoms with Crippen molar-refractivity contribution in [1.29, 1.82) is 0 Å². The molecule has 1 rings (SSSR count). The van der Waals surface area contributed by atoms with Crippen molar-refractivity contribution in [3.05, 3.63) is 29.3 Å². The number of ketones is 1. The Kier molecular flexibility index (Phi) is 4.72. The molecule has 1 aromatic carbocycles. The number of methoxy groups -OCH3 is 1. The SMILES string of the molecule is COc1ccc(C)cc1C(=O)CNCC(F)(F)F. The molecule has 100 valence electrons. The van der Waals surface area contributed by atoms with E-state index in [0.717, 1.165) is 5.56 Å². The van der Waals surface area contributed by atoms with E-state index >= 15 is 0 Å². The van der Waals surface area contributed by atoms with Gasteiger partial charge in [-0.25, -0.2) is 0 Å². The van der Waals surface area contributed by atoms with Crippen LogP contribution in [0.4, 0.5) is 13.2 Å². The number of hydrogen-bond donors (Lipinski definition) is 1. The molecule has 0 heterocycles. The molecule has 0 atom stereocenters. The Morgan fingerprint density at radius 2 is 2.06 bits per heavy atom. The van der Waals surface area contributed by atoms with Gasteiger partial charge in [-0.1, -0.05) is 11.6 Å². The number of alkyl halides is 3. The molecule has 3 nitrogen and oxygen atoms in total. The summed E-state index contributed by atoms with van der Waals surface area (Å²) in [6, 6.07) is 4.97. The zero-order chi connectivity index (χ0) is 13.8. The van der Waals surface area contributed by atoms with Gasteiger partial charge in [0.25, 0.3) is 0 Å². The van der Waals surface area contributed by atoms with Crippen LogP contribution in [-0.4, -0.2) is 32.2 Å². The number of benzene rings is 1. The minimum absolute atomic E-state index is 0.284. The molecule has 1 N–H and O–H groups in total. The molecule has 6 heteroatoms. The fraction of sp³-hybridized carbons (Fsp3) is 0.417. The van der Waals surface area contributed by atoms with Gasteiger partial charge in [-0.15, -0.1) is 0 Å². The van der Waals surface area contributed by atoms with Crippen LogP contribution in [0.25, 0.3) is 0 Å². The molecule has 0 fully saturated rings. The van der Waals surface area contributed by atoms with E-state index in [1.54, 1.807) is 25.1 Å². The lowest BCUT2D eigenvalue weighted by molar-refractivity contribution is -0.124. The average Bonchev–Trinajstić information content (AvgIpc) is 2.27. The van der Waals surface area contributed by atoms with Crippen molar-refractivity contribution in [2.45, 2.75) is 13.1 Å². The van der Waals surface area contributed by atoms with E-state index in [4.69, 9.17) is 4.74 Å². The number of nitrogens with one attached hydrogen (secondary N) is 1. The van der Waals surface area contributed by atoms with Crippen molar-refractivity contribution in [3.8, 4) is 5.75 Å². The summed E-state index contributed by atoms with van der Waals surface area (Å²) in [7, 11) is 1.41. The number of aryl methyl sites for hydroxylation is 1. The maximum absolute atomic E-state index is 11.9. The molecular formula is C12H14F3NO2. The standard InChI is InChI=1S/C12H14F3NO2/c1-8-3-4-11(18-2)9(5-8)10(17)6-16-7-12(13,14)15/h3-5,16H,6-7H2,1-2H3. The van der Waals surface area contributed by atoms with E-state index in [1.807, 2.05) is 0 Å². The average molecular weight is 261 g/mol. The fourth-order valence-electron chi connectivity index (χ4n) is 1.45. The van der Waals surface area contributed by atoms with E-state index in [0.29, 0.717) is 5.75 Å². The summed E-state index contributed by atoms with van der Waals surface area (Å²) in [5, 5.41) is 2.06. The summed E-state index contributed by atoms with van der Waals surface area (Å²) < 4.78 is 40.8. The topological polar surface area (TPSA) is 38.3 Å². The highest BCUT2D eigenvalue weighted by Gasteiger charge is 2.26. The Morgan fingerprint density at radius 3 is 2.61 bits per heavy atom. The van der Waals surface area contributed by atoms with Gasteiger partial charge in [0.2, 0.25) is 0 Å². The molecule has 0 bridgehead atoms. The zero-order valence-corrected chi connectivity index (χ0v) is 10.1. The third-order valence-electron chi connectivity index (χ3n) is 2.27. The minimum atomic E-state index is -4.32. The van der Waals surface area contributed by atoms with Gasteiger partial charge in [0.05, 0.1) is 25.8 Å². The van der Waals surface area contributed by atoms with Crippen molar-refractivity contribution in [2.24, 2.45) is 0 Å². The van der Waals surface area contributed by atoms with Crippen molar-refractivity contribution >= 4 is 5.78 Å². The molecular weight excluding hydrogens is 247 g/mol. The molecule has 0 radical (unpaired) electrons. The molecule has 0 amide bonds. The second-order valence-corrected chi connectivity index (χ2v) is 3.85. The van der Waals surface area contributed by atoms with Crippen LogP contribution in [-0.2, 0) is 0 Å². The van der Waals surface area contributed by atoms with Crippen molar-refractivity contribution in [2.75, 3.05) is 20.2 Å². The molecule has 0 saturated carbocycles. The number of Topliss-reactive ketones (excluding diaryl/α,β-unsaturated/α-hetero) is 1. The van der Waals surface area contributed by atoms with Crippen LogP contribution in [0.15, 0.2) is 18.2 Å². The molecule has 0 saturated heterocycles. The number of halogens is 3. The minimum Gasteiger partial charge on any atom is -0.496 e. The number of ether oxygens (including phenoxy) is 1. The highest BCUT2D eigenvalue weighted by Crippen LogP contribution is 2.20. The Bertz CT molecular complexity index is 430. The largest absolute Gasteiger partial charge is 0.496 e. The van der Waals surface area contributed by atoms with Crippen LogP contribution in [0.5, 0.6) is 5.75 Å². The van der Waals surface area contributed by atoms with Gasteiger partial charge in [-0.3, -0.25) is 4.79 Å². The number of carbonyl (C=O) groups excluding carboxylic acids is 1. The number of rotatable bonds is 5. The first-order chi connectivity index (χ1) is 8.33. The Labute approximate surface area is 103 Å². The van der Waals surface area contributed by atoms with Crippen LogP contribution in [0.3, 0.4) is 0 Å². The lowest BCUT2D eigenvalue weighted by atomic mass is 10.1. The lowest BCUT2D eigenvalue weighted by Gasteiger charge is -2.10. The molecule has 18 heavy (non-hydrogen) atoms. The van der Waals surface area contributed by atoms with Gasteiger partial charge in [-0.2, -0.15) is 13.2 Å². The van der Waals surface area contributed by atoms with Gasteiger partial charge in [0, 0.05) is 0 Å². The number of carbonyl (C=O) groups is 1. The molecule has 0 aliphatic heterocycles. The smallest absolute Gasteiger partial charge is 0.401 e. The fourth-order valence-corrected chi connectivity index (χ4v) is 1.45. The van der Waals surface area contributed by atoms with E-state index in [2.05, 4.69) is 5.32 Å². The third-order valence-corrected chi connectivity index (χ3v) is 2.27. The summed E-state index contributed by atoms with van der Waals surface area (Å²) in [6.45, 7) is 0.228. The molecule has 0 aromatic heterocycles. The molecule has 0 aliphatic carbocycles.